The maximum absolute atomic E-state index is 12.3. The third kappa shape index (κ3) is 3.84. The van der Waals surface area contributed by atoms with E-state index in [0.29, 0.717) is 16.5 Å². The normalized spacial score (nSPS) is 18.4. The lowest BCUT2D eigenvalue weighted by molar-refractivity contribution is -0.129. The standard InChI is InChI=1S/C14H19ClN2O4S/c1-14(2,3)16-13(18)12-8-17(22(4,19)20)10-7-9(15)5-6-11(10)21-12/h5-7,12H,8H2,1-4H3,(H,16,18). The average molecular weight is 347 g/mol. The van der Waals surface area contributed by atoms with Crippen LogP contribution >= 0.6 is 11.6 Å². The van der Waals surface area contributed by atoms with Gasteiger partial charge in [-0.1, -0.05) is 11.6 Å². The summed E-state index contributed by atoms with van der Waals surface area (Å²) in [5.74, 6) is -0.0446. The number of halogens is 1. The summed E-state index contributed by atoms with van der Waals surface area (Å²) in [7, 11) is -3.55. The lowest BCUT2D eigenvalue weighted by Crippen LogP contribution is -2.54. The summed E-state index contributed by atoms with van der Waals surface area (Å²) < 4.78 is 30.8. The number of sulfonamides is 1. The number of nitrogens with one attached hydrogen (secondary N) is 1. The van der Waals surface area contributed by atoms with Crippen molar-refractivity contribution in [3.05, 3.63) is 23.2 Å². The van der Waals surface area contributed by atoms with Gasteiger partial charge in [0.05, 0.1) is 18.5 Å². The first kappa shape index (κ1) is 16.9. The molecule has 0 aromatic heterocycles. The van der Waals surface area contributed by atoms with Crippen LogP contribution in [0.25, 0.3) is 0 Å². The minimum Gasteiger partial charge on any atom is -0.476 e. The van der Waals surface area contributed by atoms with Gasteiger partial charge in [-0.25, -0.2) is 8.42 Å². The van der Waals surface area contributed by atoms with Crippen LogP contribution in [-0.2, 0) is 14.8 Å². The monoisotopic (exact) mass is 346 g/mol. The minimum absolute atomic E-state index is 0.0892. The van der Waals surface area contributed by atoms with Gasteiger partial charge in [0.25, 0.3) is 5.91 Å². The molecule has 1 heterocycles. The van der Waals surface area contributed by atoms with Crippen molar-refractivity contribution in [3.8, 4) is 5.75 Å². The average Bonchev–Trinajstić information content (AvgIpc) is 2.34. The molecule has 6 nitrogen and oxygen atoms in total. The third-order valence-electron chi connectivity index (χ3n) is 2.98. The molecule has 1 unspecified atom stereocenters. The minimum atomic E-state index is -3.55. The number of hydrogen-bond acceptors (Lipinski definition) is 4. The van der Waals surface area contributed by atoms with Crippen LogP contribution in [0.4, 0.5) is 5.69 Å². The van der Waals surface area contributed by atoms with Crippen molar-refractivity contribution in [2.45, 2.75) is 32.4 Å². The van der Waals surface area contributed by atoms with Crippen molar-refractivity contribution in [2.75, 3.05) is 17.1 Å². The molecule has 0 fully saturated rings. The van der Waals surface area contributed by atoms with Crippen molar-refractivity contribution < 1.29 is 17.9 Å². The van der Waals surface area contributed by atoms with Gasteiger partial charge >= 0.3 is 0 Å². The molecular weight excluding hydrogens is 328 g/mol. The first-order valence-electron chi connectivity index (χ1n) is 6.73. The van der Waals surface area contributed by atoms with Crippen LogP contribution in [0.2, 0.25) is 5.02 Å². The number of ether oxygens (including phenoxy) is 1. The molecule has 8 heteroatoms. The van der Waals surface area contributed by atoms with E-state index in [1.165, 1.54) is 6.07 Å². The van der Waals surface area contributed by atoms with Gasteiger partial charge in [-0.15, -0.1) is 0 Å². The Morgan fingerprint density at radius 1 is 1.41 bits per heavy atom. The summed E-state index contributed by atoms with van der Waals surface area (Å²) >= 11 is 5.92. The molecule has 0 saturated heterocycles. The Bertz CT molecular complexity index is 697. The molecular formula is C14H19ClN2O4S. The second kappa shape index (κ2) is 5.62. The van der Waals surface area contributed by atoms with E-state index in [2.05, 4.69) is 5.32 Å². The fourth-order valence-corrected chi connectivity index (χ4v) is 3.20. The van der Waals surface area contributed by atoms with E-state index in [1.54, 1.807) is 12.1 Å². The van der Waals surface area contributed by atoms with E-state index >= 15 is 0 Å². The van der Waals surface area contributed by atoms with Crippen LogP contribution in [0.1, 0.15) is 20.8 Å². The number of anilines is 1. The van der Waals surface area contributed by atoms with Gasteiger partial charge < -0.3 is 10.1 Å². The highest BCUT2D eigenvalue weighted by atomic mass is 35.5. The number of carbonyl (C=O) groups is 1. The molecule has 1 aliphatic heterocycles. The number of amides is 1. The molecule has 1 aromatic carbocycles. The summed E-state index contributed by atoms with van der Waals surface area (Å²) in [6.45, 7) is 5.44. The Kier molecular flexibility index (Phi) is 4.32. The fourth-order valence-electron chi connectivity index (χ4n) is 2.13. The zero-order chi connectivity index (χ0) is 16.7. The molecule has 1 atom stereocenters. The molecule has 22 heavy (non-hydrogen) atoms. The Labute approximate surface area is 135 Å². The molecule has 1 N–H and O–H groups in total. The van der Waals surface area contributed by atoms with Gasteiger partial charge in [0.1, 0.15) is 5.75 Å². The number of rotatable bonds is 2. The number of nitrogens with zero attached hydrogens (tertiary/aromatic N) is 1. The van der Waals surface area contributed by atoms with Gasteiger partial charge in [0, 0.05) is 10.6 Å². The molecule has 1 aromatic rings. The first-order chi connectivity index (χ1) is 9.97. The van der Waals surface area contributed by atoms with Gasteiger partial charge in [0.15, 0.2) is 6.10 Å². The molecule has 0 saturated carbocycles. The maximum atomic E-state index is 12.3. The molecule has 0 aliphatic carbocycles. The summed E-state index contributed by atoms with van der Waals surface area (Å²) in [5, 5.41) is 3.19. The molecule has 1 amide bonds. The van der Waals surface area contributed by atoms with E-state index in [0.717, 1.165) is 10.6 Å². The molecule has 122 valence electrons. The van der Waals surface area contributed by atoms with Crippen molar-refractivity contribution >= 4 is 33.2 Å². The fraction of sp³-hybridized carbons (Fsp3) is 0.500. The molecule has 1 aliphatic rings. The molecule has 0 radical (unpaired) electrons. The molecule has 0 bridgehead atoms. The van der Waals surface area contributed by atoms with Crippen molar-refractivity contribution in [3.63, 3.8) is 0 Å². The number of carbonyl (C=O) groups excluding carboxylic acids is 1. The predicted molar refractivity (Wildman–Crippen MR) is 86.0 cm³/mol. The van der Waals surface area contributed by atoms with E-state index in [-0.39, 0.29) is 12.5 Å². The summed E-state index contributed by atoms with van der Waals surface area (Å²) in [6, 6.07) is 4.66. The molecule has 0 spiro atoms. The highest BCUT2D eigenvalue weighted by molar-refractivity contribution is 7.92. The Balaban J connectivity index is 2.37. The van der Waals surface area contributed by atoms with Crippen LogP contribution in [0, 0.1) is 0 Å². The Morgan fingerprint density at radius 3 is 2.59 bits per heavy atom. The van der Waals surface area contributed by atoms with Crippen LogP contribution in [0.3, 0.4) is 0 Å². The first-order valence-corrected chi connectivity index (χ1v) is 8.96. The summed E-state index contributed by atoms with van der Waals surface area (Å²) in [5.41, 5.74) is -0.0915. The van der Waals surface area contributed by atoms with E-state index in [4.69, 9.17) is 16.3 Å². The smallest absolute Gasteiger partial charge is 0.263 e. The third-order valence-corrected chi connectivity index (χ3v) is 4.36. The Morgan fingerprint density at radius 2 is 2.05 bits per heavy atom. The SMILES string of the molecule is CC(C)(C)NC(=O)C1CN(S(C)(=O)=O)c2cc(Cl)ccc2O1. The van der Waals surface area contributed by atoms with Crippen molar-refractivity contribution in [1.82, 2.24) is 5.32 Å². The van der Waals surface area contributed by atoms with Crippen LogP contribution in [0.15, 0.2) is 18.2 Å². The van der Waals surface area contributed by atoms with Crippen LogP contribution in [0.5, 0.6) is 5.75 Å². The second-order valence-corrected chi connectivity index (χ2v) is 8.60. The zero-order valence-electron chi connectivity index (χ0n) is 12.9. The number of benzene rings is 1. The quantitative estimate of drug-likeness (QED) is 0.885. The maximum Gasteiger partial charge on any atom is 0.263 e. The zero-order valence-corrected chi connectivity index (χ0v) is 14.5. The van der Waals surface area contributed by atoms with Gasteiger partial charge in [-0.3, -0.25) is 9.10 Å². The topological polar surface area (TPSA) is 75.7 Å². The number of fused-ring (bicyclic) bond motifs is 1. The summed E-state index contributed by atoms with van der Waals surface area (Å²) in [4.78, 5) is 12.3. The largest absolute Gasteiger partial charge is 0.476 e. The van der Waals surface area contributed by atoms with Crippen LogP contribution in [-0.4, -0.2) is 38.8 Å². The summed E-state index contributed by atoms with van der Waals surface area (Å²) in [6.07, 6.45) is 0.171. The van der Waals surface area contributed by atoms with E-state index < -0.39 is 21.7 Å². The highest BCUT2D eigenvalue weighted by Crippen LogP contribution is 2.37. The highest BCUT2D eigenvalue weighted by Gasteiger charge is 2.36. The van der Waals surface area contributed by atoms with E-state index in [9.17, 15) is 13.2 Å². The Hall–Kier alpha value is -1.47. The van der Waals surface area contributed by atoms with Crippen molar-refractivity contribution in [1.29, 1.82) is 0 Å². The lowest BCUT2D eigenvalue weighted by Gasteiger charge is -2.35. The van der Waals surface area contributed by atoms with Gasteiger partial charge in [-0.05, 0) is 39.0 Å². The van der Waals surface area contributed by atoms with Gasteiger partial charge in [0.2, 0.25) is 10.0 Å². The second-order valence-electron chi connectivity index (χ2n) is 6.25. The van der Waals surface area contributed by atoms with Gasteiger partial charge in [-0.2, -0.15) is 0 Å². The van der Waals surface area contributed by atoms with Crippen molar-refractivity contribution in [2.24, 2.45) is 0 Å². The van der Waals surface area contributed by atoms with E-state index in [1.807, 2.05) is 20.8 Å². The predicted octanol–water partition coefficient (Wildman–Crippen LogP) is 1.78. The lowest BCUT2D eigenvalue weighted by atomic mass is 10.1. The van der Waals surface area contributed by atoms with Crippen LogP contribution < -0.4 is 14.4 Å². The molecule has 2 rings (SSSR count). The number of hydrogen-bond donors (Lipinski definition) is 1.